The van der Waals surface area contributed by atoms with E-state index in [-0.39, 0.29) is 29.4 Å². The van der Waals surface area contributed by atoms with Gasteiger partial charge in [0, 0.05) is 25.2 Å². The van der Waals surface area contributed by atoms with Crippen LogP contribution in [0, 0.1) is 0 Å². The Hall–Kier alpha value is -2.61. The van der Waals surface area contributed by atoms with Crippen LogP contribution in [-0.4, -0.2) is 16.8 Å². The highest BCUT2D eigenvalue weighted by Crippen LogP contribution is 2.36. The molecule has 1 heterocycles. The Morgan fingerprint density at radius 2 is 1.96 bits per heavy atom. The van der Waals surface area contributed by atoms with E-state index in [4.69, 9.17) is 11.6 Å². The number of halogens is 4. The van der Waals surface area contributed by atoms with Crippen molar-refractivity contribution in [3.05, 3.63) is 58.2 Å². The second-order valence-corrected chi connectivity index (χ2v) is 5.45. The zero-order valence-corrected chi connectivity index (χ0v) is 13.7. The minimum atomic E-state index is -4.57. The fourth-order valence-electron chi connectivity index (χ4n) is 2.03. The first-order valence-electron chi connectivity index (χ1n) is 7.05. The lowest BCUT2D eigenvalue weighted by molar-refractivity contribution is -0.137. The quantitative estimate of drug-likeness (QED) is 0.862. The SMILES string of the molecule is CC(=O)Nc1cc(C(=O)NCc2cccc(C(F)(F)F)c2Cl)ccn1. The molecule has 132 valence electrons. The summed E-state index contributed by atoms with van der Waals surface area (Å²) in [5.41, 5.74) is -0.624. The smallest absolute Gasteiger partial charge is 0.348 e. The molecule has 0 radical (unpaired) electrons. The van der Waals surface area contributed by atoms with Gasteiger partial charge in [-0.25, -0.2) is 4.98 Å². The topological polar surface area (TPSA) is 71.1 Å². The monoisotopic (exact) mass is 371 g/mol. The number of anilines is 1. The van der Waals surface area contributed by atoms with Gasteiger partial charge in [-0.05, 0) is 23.8 Å². The van der Waals surface area contributed by atoms with E-state index in [9.17, 15) is 22.8 Å². The molecule has 25 heavy (non-hydrogen) atoms. The van der Waals surface area contributed by atoms with Crippen LogP contribution in [0.4, 0.5) is 19.0 Å². The maximum atomic E-state index is 12.8. The summed E-state index contributed by atoms with van der Waals surface area (Å²) in [6, 6.07) is 6.25. The van der Waals surface area contributed by atoms with Crippen molar-refractivity contribution in [2.75, 3.05) is 5.32 Å². The number of benzene rings is 1. The molecule has 0 saturated carbocycles. The number of carbonyl (C=O) groups excluding carboxylic acids is 2. The molecule has 0 aliphatic rings. The van der Waals surface area contributed by atoms with Gasteiger partial charge in [-0.2, -0.15) is 13.2 Å². The van der Waals surface area contributed by atoms with Gasteiger partial charge in [0.25, 0.3) is 5.91 Å². The van der Waals surface area contributed by atoms with E-state index < -0.39 is 22.7 Å². The molecule has 5 nitrogen and oxygen atoms in total. The van der Waals surface area contributed by atoms with Crippen LogP contribution in [0.3, 0.4) is 0 Å². The van der Waals surface area contributed by atoms with E-state index in [2.05, 4.69) is 15.6 Å². The van der Waals surface area contributed by atoms with Gasteiger partial charge in [0.05, 0.1) is 10.6 Å². The molecular weight excluding hydrogens is 359 g/mol. The second kappa shape index (κ2) is 7.52. The number of nitrogens with zero attached hydrogens (tertiary/aromatic N) is 1. The fraction of sp³-hybridized carbons (Fsp3) is 0.188. The van der Waals surface area contributed by atoms with Gasteiger partial charge in [-0.15, -0.1) is 0 Å². The molecular formula is C16H13ClF3N3O2. The number of hydrogen-bond acceptors (Lipinski definition) is 3. The first kappa shape index (κ1) is 18.7. The number of alkyl halides is 3. The van der Waals surface area contributed by atoms with E-state index in [1.54, 1.807) is 0 Å². The van der Waals surface area contributed by atoms with Crippen molar-refractivity contribution in [1.29, 1.82) is 0 Å². The van der Waals surface area contributed by atoms with Crippen molar-refractivity contribution in [3.63, 3.8) is 0 Å². The number of carbonyl (C=O) groups is 2. The first-order chi connectivity index (χ1) is 11.7. The second-order valence-electron chi connectivity index (χ2n) is 5.07. The number of amides is 2. The Morgan fingerprint density at radius 1 is 1.24 bits per heavy atom. The van der Waals surface area contributed by atoms with Crippen LogP contribution in [0.15, 0.2) is 36.5 Å². The minimum Gasteiger partial charge on any atom is -0.348 e. The molecule has 2 amide bonds. The van der Waals surface area contributed by atoms with Gasteiger partial charge in [0.2, 0.25) is 5.91 Å². The summed E-state index contributed by atoms with van der Waals surface area (Å²) in [6.07, 6.45) is -3.24. The molecule has 0 aliphatic carbocycles. The molecule has 9 heteroatoms. The van der Waals surface area contributed by atoms with Crippen LogP contribution in [0.25, 0.3) is 0 Å². The van der Waals surface area contributed by atoms with E-state index >= 15 is 0 Å². The van der Waals surface area contributed by atoms with Crippen molar-refractivity contribution in [2.45, 2.75) is 19.6 Å². The summed E-state index contributed by atoms with van der Waals surface area (Å²) < 4.78 is 38.5. The standard InChI is InChI=1S/C16H13ClF3N3O2/c1-9(24)23-13-7-10(5-6-21-13)15(25)22-8-11-3-2-4-12(14(11)17)16(18,19)20/h2-7H,8H2,1H3,(H,22,25)(H,21,23,24). The molecule has 0 saturated heterocycles. The Morgan fingerprint density at radius 3 is 2.60 bits per heavy atom. The number of pyridine rings is 1. The average Bonchev–Trinajstić information content (AvgIpc) is 2.52. The normalized spacial score (nSPS) is 11.1. The van der Waals surface area contributed by atoms with Gasteiger partial charge in [-0.1, -0.05) is 23.7 Å². The van der Waals surface area contributed by atoms with E-state index in [0.717, 1.165) is 6.07 Å². The van der Waals surface area contributed by atoms with E-state index in [0.29, 0.717) is 0 Å². The Kier molecular flexibility index (Phi) is 5.63. The molecule has 1 aromatic heterocycles. The average molecular weight is 372 g/mol. The minimum absolute atomic E-state index is 0.140. The van der Waals surface area contributed by atoms with Gasteiger partial charge in [-0.3, -0.25) is 9.59 Å². The maximum absolute atomic E-state index is 12.8. The third kappa shape index (κ3) is 4.93. The van der Waals surface area contributed by atoms with Gasteiger partial charge in [0.15, 0.2) is 0 Å². The first-order valence-corrected chi connectivity index (χ1v) is 7.42. The van der Waals surface area contributed by atoms with Crippen LogP contribution in [0.5, 0.6) is 0 Å². The lowest BCUT2D eigenvalue weighted by Gasteiger charge is -2.13. The Balaban J connectivity index is 2.12. The highest BCUT2D eigenvalue weighted by atomic mass is 35.5. The number of nitrogens with one attached hydrogen (secondary N) is 2. The van der Waals surface area contributed by atoms with Crippen LogP contribution in [0.2, 0.25) is 5.02 Å². The van der Waals surface area contributed by atoms with Crippen molar-refractivity contribution in [3.8, 4) is 0 Å². The summed E-state index contributed by atoms with van der Waals surface area (Å²) in [4.78, 5) is 27.0. The number of aromatic nitrogens is 1. The van der Waals surface area contributed by atoms with Crippen LogP contribution < -0.4 is 10.6 Å². The Labute approximate surface area is 146 Å². The summed E-state index contributed by atoms with van der Waals surface area (Å²) in [5, 5.41) is 4.46. The zero-order valence-electron chi connectivity index (χ0n) is 12.9. The number of hydrogen-bond donors (Lipinski definition) is 2. The fourth-order valence-corrected chi connectivity index (χ4v) is 2.33. The summed E-state index contributed by atoms with van der Waals surface area (Å²) >= 11 is 5.78. The molecule has 0 unspecified atom stereocenters. The largest absolute Gasteiger partial charge is 0.417 e. The molecule has 2 rings (SSSR count). The van der Waals surface area contributed by atoms with Crippen LogP contribution >= 0.6 is 11.6 Å². The molecule has 0 bridgehead atoms. The predicted molar refractivity (Wildman–Crippen MR) is 86.2 cm³/mol. The highest BCUT2D eigenvalue weighted by molar-refractivity contribution is 6.32. The third-order valence-electron chi connectivity index (χ3n) is 3.15. The lowest BCUT2D eigenvalue weighted by atomic mass is 10.1. The lowest BCUT2D eigenvalue weighted by Crippen LogP contribution is -2.23. The van der Waals surface area contributed by atoms with Crippen LogP contribution in [-0.2, 0) is 17.5 Å². The molecule has 0 fully saturated rings. The molecule has 0 spiro atoms. The predicted octanol–water partition coefficient (Wildman–Crippen LogP) is 3.64. The van der Waals surface area contributed by atoms with Gasteiger partial charge >= 0.3 is 6.18 Å². The molecule has 0 aliphatic heterocycles. The highest BCUT2D eigenvalue weighted by Gasteiger charge is 2.33. The van der Waals surface area contributed by atoms with Crippen molar-refractivity contribution >= 4 is 29.2 Å². The van der Waals surface area contributed by atoms with E-state index in [1.165, 1.54) is 37.4 Å². The molecule has 2 N–H and O–H groups in total. The Bertz CT molecular complexity index is 809. The number of rotatable bonds is 4. The molecule has 2 aromatic rings. The van der Waals surface area contributed by atoms with Crippen molar-refractivity contribution < 1.29 is 22.8 Å². The summed E-state index contributed by atoms with van der Waals surface area (Å²) in [6.45, 7) is 1.11. The van der Waals surface area contributed by atoms with Crippen molar-refractivity contribution in [1.82, 2.24) is 10.3 Å². The van der Waals surface area contributed by atoms with E-state index in [1.807, 2.05) is 0 Å². The maximum Gasteiger partial charge on any atom is 0.417 e. The van der Waals surface area contributed by atoms with Crippen molar-refractivity contribution in [2.24, 2.45) is 0 Å². The summed E-state index contributed by atoms with van der Waals surface area (Å²) in [7, 11) is 0. The third-order valence-corrected chi connectivity index (χ3v) is 3.60. The van der Waals surface area contributed by atoms with Gasteiger partial charge in [0.1, 0.15) is 5.82 Å². The van der Waals surface area contributed by atoms with Gasteiger partial charge < -0.3 is 10.6 Å². The van der Waals surface area contributed by atoms with Crippen LogP contribution in [0.1, 0.15) is 28.4 Å². The molecule has 0 atom stereocenters. The summed E-state index contributed by atoms with van der Waals surface area (Å²) in [5.74, 6) is -0.694. The zero-order chi connectivity index (χ0) is 18.6. The molecule has 1 aromatic carbocycles.